The third-order valence-electron chi connectivity index (χ3n) is 3.26. The molecule has 0 saturated carbocycles. The van der Waals surface area contributed by atoms with E-state index in [-0.39, 0.29) is 0 Å². The Morgan fingerprint density at radius 2 is 1.91 bits per heavy atom. The van der Waals surface area contributed by atoms with E-state index in [1.807, 2.05) is 0 Å². The third kappa shape index (κ3) is 5.50. The molecule has 1 heterocycles. The maximum absolute atomic E-state index is 5.11. The molecule has 0 atom stereocenters. The van der Waals surface area contributed by atoms with Crippen molar-refractivity contribution in [3.8, 4) is 0 Å². The molecule has 0 fully saturated rings. The van der Waals surface area contributed by atoms with Gasteiger partial charge in [-0.05, 0) is 29.0 Å². The van der Waals surface area contributed by atoms with Crippen molar-refractivity contribution >= 4 is 17.3 Å². The van der Waals surface area contributed by atoms with Gasteiger partial charge in [0, 0.05) is 32.1 Å². The van der Waals surface area contributed by atoms with Gasteiger partial charge < -0.3 is 15.4 Å². The first kappa shape index (κ1) is 16.5. The van der Waals surface area contributed by atoms with Crippen molar-refractivity contribution < 1.29 is 4.74 Å². The van der Waals surface area contributed by atoms with Gasteiger partial charge in [0.05, 0.1) is 6.61 Å². The number of benzene rings is 1. The van der Waals surface area contributed by atoms with Crippen LogP contribution in [0.15, 0.2) is 46.8 Å². The summed E-state index contributed by atoms with van der Waals surface area (Å²) in [5.41, 5.74) is 2.41. The highest BCUT2D eigenvalue weighted by Crippen LogP contribution is 2.08. The van der Waals surface area contributed by atoms with Crippen LogP contribution in [0.4, 0.5) is 0 Å². The Kier molecular flexibility index (Phi) is 6.93. The summed E-state index contributed by atoms with van der Waals surface area (Å²) in [6.07, 6.45) is 1.02. The zero-order chi connectivity index (χ0) is 15.6. The van der Waals surface area contributed by atoms with Crippen LogP contribution in [0.1, 0.15) is 16.0 Å². The fourth-order valence-electron chi connectivity index (χ4n) is 2.09. The first-order valence-electron chi connectivity index (χ1n) is 7.35. The molecule has 0 bridgehead atoms. The standard InChI is InChI=1S/C17H23N3OS/c1-18-17(19-10-9-16-4-3-11-22-16)20-12-14-5-7-15(8-6-14)13-21-2/h3-8,11H,9-10,12-13H2,1-2H3,(H2,18,19,20). The Balaban J connectivity index is 1.73. The molecule has 0 saturated heterocycles. The smallest absolute Gasteiger partial charge is 0.191 e. The van der Waals surface area contributed by atoms with Gasteiger partial charge in [0.25, 0.3) is 0 Å². The summed E-state index contributed by atoms with van der Waals surface area (Å²) in [5.74, 6) is 0.831. The fourth-order valence-corrected chi connectivity index (χ4v) is 2.79. The van der Waals surface area contributed by atoms with E-state index in [9.17, 15) is 0 Å². The highest BCUT2D eigenvalue weighted by atomic mass is 32.1. The van der Waals surface area contributed by atoms with Crippen LogP contribution in [0.5, 0.6) is 0 Å². The zero-order valence-corrected chi connectivity index (χ0v) is 14.0. The summed E-state index contributed by atoms with van der Waals surface area (Å²) in [7, 11) is 3.50. The third-order valence-corrected chi connectivity index (χ3v) is 4.20. The van der Waals surface area contributed by atoms with E-state index in [0.29, 0.717) is 6.61 Å². The summed E-state index contributed by atoms with van der Waals surface area (Å²) in [5, 5.41) is 8.77. The summed E-state index contributed by atoms with van der Waals surface area (Å²) >= 11 is 1.79. The Labute approximate surface area is 136 Å². The minimum atomic E-state index is 0.652. The summed E-state index contributed by atoms with van der Waals surface area (Å²) in [6, 6.07) is 12.6. The van der Waals surface area contributed by atoms with Crippen LogP contribution in [0.2, 0.25) is 0 Å². The molecule has 2 aromatic rings. The van der Waals surface area contributed by atoms with Gasteiger partial charge in [-0.15, -0.1) is 11.3 Å². The van der Waals surface area contributed by atoms with Gasteiger partial charge in [-0.3, -0.25) is 4.99 Å². The first-order chi connectivity index (χ1) is 10.8. The Morgan fingerprint density at radius 3 is 2.55 bits per heavy atom. The SMILES string of the molecule is CN=C(NCCc1cccs1)NCc1ccc(COC)cc1. The number of ether oxygens (including phenoxy) is 1. The predicted molar refractivity (Wildman–Crippen MR) is 93.4 cm³/mol. The molecular weight excluding hydrogens is 294 g/mol. The largest absolute Gasteiger partial charge is 0.380 e. The van der Waals surface area contributed by atoms with Crippen molar-refractivity contribution in [3.63, 3.8) is 0 Å². The number of nitrogens with one attached hydrogen (secondary N) is 2. The van der Waals surface area contributed by atoms with Crippen LogP contribution in [0.3, 0.4) is 0 Å². The van der Waals surface area contributed by atoms with Gasteiger partial charge in [-0.1, -0.05) is 30.3 Å². The van der Waals surface area contributed by atoms with Crippen molar-refractivity contribution in [3.05, 3.63) is 57.8 Å². The van der Waals surface area contributed by atoms with Gasteiger partial charge in [0.1, 0.15) is 0 Å². The van der Waals surface area contributed by atoms with E-state index in [2.05, 4.69) is 57.4 Å². The number of aliphatic imine (C=N–C) groups is 1. The molecule has 5 heteroatoms. The summed E-state index contributed by atoms with van der Waals surface area (Å²) in [4.78, 5) is 5.63. The van der Waals surface area contributed by atoms with E-state index in [1.54, 1.807) is 25.5 Å². The number of rotatable bonds is 7. The van der Waals surface area contributed by atoms with E-state index in [1.165, 1.54) is 16.0 Å². The molecule has 0 unspecified atom stereocenters. The first-order valence-corrected chi connectivity index (χ1v) is 8.23. The molecule has 0 radical (unpaired) electrons. The van der Waals surface area contributed by atoms with Gasteiger partial charge >= 0.3 is 0 Å². The number of methoxy groups -OCH3 is 1. The average Bonchev–Trinajstić information content (AvgIpc) is 3.06. The molecular formula is C17H23N3OS. The summed E-state index contributed by atoms with van der Waals surface area (Å²) < 4.78 is 5.11. The second kappa shape index (κ2) is 9.23. The second-order valence-electron chi connectivity index (χ2n) is 4.93. The molecule has 0 amide bonds. The van der Waals surface area contributed by atoms with E-state index in [0.717, 1.165) is 25.5 Å². The second-order valence-corrected chi connectivity index (χ2v) is 5.96. The molecule has 2 N–H and O–H groups in total. The minimum Gasteiger partial charge on any atom is -0.380 e. The monoisotopic (exact) mass is 317 g/mol. The zero-order valence-electron chi connectivity index (χ0n) is 13.1. The van der Waals surface area contributed by atoms with E-state index < -0.39 is 0 Å². The molecule has 2 rings (SSSR count). The molecule has 4 nitrogen and oxygen atoms in total. The van der Waals surface area contributed by atoms with Crippen molar-refractivity contribution in [1.29, 1.82) is 0 Å². The fraction of sp³-hybridized carbons (Fsp3) is 0.353. The maximum atomic E-state index is 5.11. The lowest BCUT2D eigenvalue weighted by molar-refractivity contribution is 0.185. The molecule has 1 aromatic carbocycles. The Bertz CT molecular complexity index is 564. The van der Waals surface area contributed by atoms with Gasteiger partial charge in [0.15, 0.2) is 5.96 Å². The van der Waals surface area contributed by atoms with Crippen LogP contribution >= 0.6 is 11.3 Å². The highest BCUT2D eigenvalue weighted by Gasteiger charge is 2.00. The Morgan fingerprint density at radius 1 is 1.14 bits per heavy atom. The Hall–Kier alpha value is -1.85. The molecule has 118 valence electrons. The quantitative estimate of drug-likeness (QED) is 0.610. The van der Waals surface area contributed by atoms with Crippen LogP contribution in [0.25, 0.3) is 0 Å². The van der Waals surface area contributed by atoms with Crippen molar-refractivity contribution in [2.75, 3.05) is 20.7 Å². The van der Waals surface area contributed by atoms with Gasteiger partial charge in [0.2, 0.25) is 0 Å². The number of guanidine groups is 1. The highest BCUT2D eigenvalue weighted by molar-refractivity contribution is 7.09. The number of nitrogens with zero attached hydrogens (tertiary/aromatic N) is 1. The van der Waals surface area contributed by atoms with Crippen molar-refractivity contribution in [2.45, 2.75) is 19.6 Å². The minimum absolute atomic E-state index is 0.652. The molecule has 0 spiro atoms. The molecule has 0 aliphatic heterocycles. The van der Waals surface area contributed by atoms with Crippen molar-refractivity contribution in [2.24, 2.45) is 4.99 Å². The van der Waals surface area contributed by atoms with Crippen LogP contribution in [0, 0.1) is 0 Å². The van der Waals surface area contributed by atoms with Gasteiger partial charge in [-0.2, -0.15) is 0 Å². The lowest BCUT2D eigenvalue weighted by Gasteiger charge is -2.12. The maximum Gasteiger partial charge on any atom is 0.191 e. The number of thiophene rings is 1. The van der Waals surface area contributed by atoms with Crippen LogP contribution in [-0.4, -0.2) is 26.7 Å². The predicted octanol–water partition coefficient (Wildman–Crippen LogP) is 2.80. The van der Waals surface area contributed by atoms with Gasteiger partial charge in [-0.25, -0.2) is 0 Å². The molecule has 22 heavy (non-hydrogen) atoms. The number of hydrogen-bond acceptors (Lipinski definition) is 3. The lowest BCUT2D eigenvalue weighted by atomic mass is 10.1. The van der Waals surface area contributed by atoms with Crippen LogP contribution in [-0.2, 0) is 24.3 Å². The van der Waals surface area contributed by atoms with E-state index in [4.69, 9.17) is 4.74 Å². The lowest BCUT2D eigenvalue weighted by Crippen LogP contribution is -2.37. The molecule has 0 aliphatic rings. The molecule has 1 aromatic heterocycles. The number of hydrogen-bond donors (Lipinski definition) is 2. The average molecular weight is 317 g/mol. The normalized spacial score (nSPS) is 11.5. The van der Waals surface area contributed by atoms with E-state index >= 15 is 0 Å². The van der Waals surface area contributed by atoms with Crippen molar-refractivity contribution in [1.82, 2.24) is 10.6 Å². The molecule has 0 aliphatic carbocycles. The van der Waals surface area contributed by atoms with Crippen LogP contribution < -0.4 is 10.6 Å². The summed E-state index contributed by atoms with van der Waals surface area (Å²) in [6.45, 7) is 2.29. The topological polar surface area (TPSA) is 45.7 Å².